The molecule has 0 saturated carbocycles. The van der Waals surface area contributed by atoms with Crippen LogP contribution in [0.25, 0.3) is 0 Å². The number of halogens is 1. The molecule has 0 fully saturated rings. The predicted octanol–water partition coefficient (Wildman–Crippen LogP) is 2.34. The van der Waals surface area contributed by atoms with Gasteiger partial charge in [-0.1, -0.05) is 12.1 Å². The molecule has 5 heteroatoms. The Morgan fingerprint density at radius 1 is 1.44 bits per heavy atom. The summed E-state index contributed by atoms with van der Waals surface area (Å²) in [6.07, 6.45) is 0. The number of rotatable bonds is 3. The van der Waals surface area contributed by atoms with Gasteiger partial charge in [0.1, 0.15) is 18.2 Å². The van der Waals surface area contributed by atoms with E-state index in [1.807, 2.05) is 31.3 Å². The molecule has 0 spiro atoms. The third kappa shape index (κ3) is 2.36. The van der Waals surface area contributed by atoms with Crippen LogP contribution in [-0.4, -0.2) is 9.78 Å². The molecule has 84 valence electrons. The Labute approximate surface area is 102 Å². The van der Waals surface area contributed by atoms with Crippen molar-refractivity contribution >= 4 is 21.7 Å². The Kier molecular flexibility index (Phi) is 3.14. The molecule has 2 rings (SSSR count). The first kappa shape index (κ1) is 11.0. The number of aromatic nitrogens is 2. The number of nitrogen functional groups attached to an aromatic ring is 1. The number of aryl methyl sites for hydroxylation is 1. The van der Waals surface area contributed by atoms with E-state index < -0.39 is 0 Å². The van der Waals surface area contributed by atoms with E-state index in [-0.39, 0.29) is 0 Å². The van der Waals surface area contributed by atoms with Crippen LogP contribution in [0.4, 0.5) is 5.82 Å². The highest BCUT2D eigenvalue weighted by Crippen LogP contribution is 2.24. The predicted molar refractivity (Wildman–Crippen MR) is 66.1 cm³/mol. The van der Waals surface area contributed by atoms with E-state index in [0.29, 0.717) is 12.4 Å². The van der Waals surface area contributed by atoms with Gasteiger partial charge >= 0.3 is 0 Å². The Morgan fingerprint density at radius 3 is 2.81 bits per heavy atom. The van der Waals surface area contributed by atoms with E-state index in [2.05, 4.69) is 21.0 Å². The molecule has 0 amide bonds. The van der Waals surface area contributed by atoms with E-state index in [1.54, 1.807) is 10.7 Å². The molecule has 0 radical (unpaired) electrons. The molecule has 2 N–H and O–H groups in total. The van der Waals surface area contributed by atoms with Crippen molar-refractivity contribution in [3.8, 4) is 5.75 Å². The maximum absolute atomic E-state index is 5.65. The number of benzene rings is 1. The first-order valence-corrected chi connectivity index (χ1v) is 5.62. The summed E-state index contributed by atoms with van der Waals surface area (Å²) in [7, 11) is 1.84. The monoisotopic (exact) mass is 281 g/mol. The van der Waals surface area contributed by atoms with Crippen LogP contribution in [0.5, 0.6) is 5.75 Å². The molecular weight excluding hydrogens is 270 g/mol. The van der Waals surface area contributed by atoms with Gasteiger partial charge in [-0.05, 0) is 28.1 Å². The summed E-state index contributed by atoms with van der Waals surface area (Å²) in [6.45, 7) is 0.448. The molecule has 0 bridgehead atoms. The smallest absolute Gasteiger partial charge is 0.145 e. The molecule has 1 aromatic carbocycles. The molecule has 0 aliphatic rings. The lowest BCUT2D eigenvalue weighted by Crippen LogP contribution is -2.03. The standard InChI is InChI=1S/C11H12BrN3O/c1-15-8(6-11(13)14-15)7-16-10-5-3-2-4-9(10)12/h2-6H,7H2,1H3,(H2,13,14). The summed E-state index contributed by atoms with van der Waals surface area (Å²) in [5, 5.41) is 4.05. The minimum Gasteiger partial charge on any atom is -0.486 e. The lowest BCUT2D eigenvalue weighted by molar-refractivity contribution is 0.293. The van der Waals surface area contributed by atoms with Crippen molar-refractivity contribution in [1.29, 1.82) is 0 Å². The Bertz CT molecular complexity index is 496. The zero-order valence-electron chi connectivity index (χ0n) is 8.85. The number of nitrogens with zero attached hydrogens (tertiary/aromatic N) is 2. The zero-order chi connectivity index (χ0) is 11.5. The minimum absolute atomic E-state index is 0.448. The third-order valence-corrected chi connectivity index (χ3v) is 2.86. The lowest BCUT2D eigenvalue weighted by Gasteiger charge is -2.07. The maximum Gasteiger partial charge on any atom is 0.145 e. The zero-order valence-corrected chi connectivity index (χ0v) is 10.4. The van der Waals surface area contributed by atoms with Gasteiger partial charge < -0.3 is 10.5 Å². The summed E-state index contributed by atoms with van der Waals surface area (Å²) >= 11 is 3.42. The summed E-state index contributed by atoms with van der Waals surface area (Å²) in [6, 6.07) is 9.52. The van der Waals surface area contributed by atoms with Gasteiger partial charge in [-0.15, -0.1) is 0 Å². The number of hydrogen-bond donors (Lipinski definition) is 1. The highest BCUT2D eigenvalue weighted by atomic mass is 79.9. The van der Waals surface area contributed by atoms with Gasteiger partial charge in [0.25, 0.3) is 0 Å². The summed E-state index contributed by atoms with van der Waals surface area (Å²) in [5.74, 6) is 1.32. The number of anilines is 1. The molecule has 2 aromatic rings. The summed E-state index contributed by atoms with van der Waals surface area (Å²) < 4.78 is 8.30. The normalized spacial score (nSPS) is 10.4. The van der Waals surface area contributed by atoms with E-state index in [0.717, 1.165) is 15.9 Å². The molecule has 1 heterocycles. The van der Waals surface area contributed by atoms with Gasteiger partial charge in [0.15, 0.2) is 0 Å². The van der Waals surface area contributed by atoms with Gasteiger partial charge in [-0.3, -0.25) is 4.68 Å². The van der Waals surface area contributed by atoms with Crippen LogP contribution in [-0.2, 0) is 13.7 Å². The van der Waals surface area contributed by atoms with Gasteiger partial charge in [0.05, 0.1) is 10.2 Å². The maximum atomic E-state index is 5.65. The lowest BCUT2D eigenvalue weighted by atomic mass is 10.3. The fraction of sp³-hybridized carbons (Fsp3) is 0.182. The molecule has 1 aromatic heterocycles. The topological polar surface area (TPSA) is 53.1 Å². The van der Waals surface area contributed by atoms with Gasteiger partial charge in [0, 0.05) is 13.1 Å². The highest BCUT2D eigenvalue weighted by Gasteiger charge is 2.04. The Balaban J connectivity index is 2.08. The molecule has 0 aliphatic carbocycles. The average molecular weight is 282 g/mol. The largest absolute Gasteiger partial charge is 0.486 e. The molecule has 0 atom stereocenters. The molecule has 0 aliphatic heterocycles. The van der Waals surface area contributed by atoms with Crippen LogP contribution in [0.1, 0.15) is 5.69 Å². The van der Waals surface area contributed by atoms with E-state index in [4.69, 9.17) is 10.5 Å². The SMILES string of the molecule is Cn1nc(N)cc1COc1ccccc1Br. The van der Waals surface area contributed by atoms with Crippen molar-refractivity contribution in [2.75, 3.05) is 5.73 Å². The highest BCUT2D eigenvalue weighted by molar-refractivity contribution is 9.10. The number of ether oxygens (including phenoxy) is 1. The second-order valence-electron chi connectivity index (χ2n) is 3.40. The first-order chi connectivity index (χ1) is 7.66. The van der Waals surface area contributed by atoms with Crippen LogP contribution in [0.2, 0.25) is 0 Å². The number of nitrogens with two attached hydrogens (primary N) is 1. The van der Waals surface area contributed by atoms with Crippen LogP contribution in [0, 0.1) is 0 Å². The van der Waals surface area contributed by atoms with Crippen LogP contribution >= 0.6 is 15.9 Å². The van der Waals surface area contributed by atoms with Crippen molar-refractivity contribution in [2.45, 2.75) is 6.61 Å². The number of hydrogen-bond acceptors (Lipinski definition) is 3. The minimum atomic E-state index is 0.448. The Hall–Kier alpha value is -1.49. The second-order valence-corrected chi connectivity index (χ2v) is 4.26. The van der Waals surface area contributed by atoms with E-state index in [1.165, 1.54) is 0 Å². The molecular formula is C11H12BrN3O. The average Bonchev–Trinajstić information content (AvgIpc) is 2.56. The van der Waals surface area contributed by atoms with Crippen molar-refractivity contribution in [3.63, 3.8) is 0 Å². The second kappa shape index (κ2) is 4.57. The molecule has 0 unspecified atom stereocenters. The van der Waals surface area contributed by atoms with Crippen LogP contribution in [0.3, 0.4) is 0 Å². The fourth-order valence-corrected chi connectivity index (χ4v) is 1.78. The van der Waals surface area contributed by atoms with Crippen LogP contribution < -0.4 is 10.5 Å². The third-order valence-electron chi connectivity index (χ3n) is 2.21. The van der Waals surface area contributed by atoms with Gasteiger partial charge in [-0.2, -0.15) is 5.10 Å². The van der Waals surface area contributed by atoms with E-state index >= 15 is 0 Å². The van der Waals surface area contributed by atoms with E-state index in [9.17, 15) is 0 Å². The molecule has 4 nitrogen and oxygen atoms in total. The molecule has 0 saturated heterocycles. The quantitative estimate of drug-likeness (QED) is 0.940. The first-order valence-electron chi connectivity index (χ1n) is 4.82. The van der Waals surface area contributed by atoms with Crippen molar-refractivity contribution in [2.24, 2.45) is 7.05 Å². The van der Waals surface area contributed by atoms with Crippen LogP contribution in [0.15, 0.2) is 34.8 Å². The number of para-hydroxylation sites is 1. The van der Waals surface area contributed by atoms with Crippen molar-refractivity contribution in [3.05, 3.63) is 40.5 Å². The van der Waals surface area contributed by atoms with Crippen molar-refractivity contribution < 1.29 is 4.74 Å². The van der Waals surface area contributed by atoms with Gasteiger partial charge in [-0.25, -0.2) is 0 Å². The Morgan fingerprint density at radius 2 is 2.19 bits per heavy atom. The van der Waals surface area contributed by atoms with Gasteiger partial charge in [0.2, 0.25) is 0 Å². The summed E-state index contributed by atoms with van der Waals surface area (Å²) in [5.41, 5.74) is 6.52. The summed E-state index contributed by atoms with van der Waals surface area (Å²) in [4.78, 5) is 0. The fourth-order valence-electron chi connectivity index (χ4n) is 1.38. The van der Waals surface area contributed by atoms with Crippen molar-refractivity contribution in [1.82, 2.24) is 9.78 Å². The molecule has 16 heavy (non-hydrogen) atoms.